The first-order chi connectivity index (χ1) is 11.0. The molecule has 23 heavy (non-hydrogen) atoms. The first-order valence-corrected chi connectivity index (χ1v) is 8.00. The molecule has 0 bridgehead atoms. The van der Waals surface area contributed by atoms with Crippen LogP contribution >= 0.6 is 0 Å². The first-order valence-electron chi connectivity index (χ1n) is 8.00. The lowest BCUT2D eigenvalue weighted by Crippen LogP contribution is -2.37. The quantitative estimate of drug-likeness (QED) is 0.778. The maximum Gasteiger partial charge on any atom is 0.243 e. The maximum atomic E-state index is 12.0. The van der Waals surface area contributed by atoms with Crippen LogP contribution in [-0.4, -0.2) is 24.3 Å². The second kappa shape index (κ2) is 8.31. The molecular formula is C17H23N3O3. The highest BCUT2D eigenvalue weighted by Crippen LogP contribution is 2.23. The van der Waals surface area contributed by atoms with Crippen LogP contribution in [0.3, 0.4) is 0 Å². The van der Waals surface area contributed by atoms with Crippen molar-refractivity contribution in [2.24, 2.45) is 5.92 Å². The van der Waals surface area contributed by atoms with E-state index in [0.29, 0.717) is 11.4 Å². The molecule has 0 spiro atoms. The van der Waals surface area contributed by atoms with Crippen LogP contribution in [-0.2, 0) is 14.4 Å². The number of hydrogen-bond acceptors (Lipinski definition) is 3. The van der Waals surface area contributed by atoms with Gasteiger partial charge in [0, 0.05) is 24.2 Å². The Labute approximate surface area is 136 Å². The summed E-state index contributed by atoms with van der Waals surface area (Å²) in [6, 6.07) is 6.81. The summed E-state index contributed by atoms with van der Waals surface area (Å²) in [5, 5.41) is 8.07. The highest BCUT2D eigenvalue weighted by atomic mass is 16.2. The van der Waals surface area contributed by atoms with Gasteiger partial charge in [-0.05, 0) is 37.1 Å². The van der Waals surface area contributed by atoms with E-state index in [0.717, 1.165) is 25.7 Å². The molecule has 1 aromatic carbocycles. The fraction of sp³-hybridized carbons (Fsp3) is 0.471. The molecule has 1 aromatic rings. The van der Waals surface area contributed by atoms with Gasteiger partial charge >= 0.3 is 0 Å². The van der Waals surface area contributed by atoms with Gasteiger partial charge in [-0.3, -0.25) is 14.4 Å². The van der Waals surface area contributed by atoms with E-state index < -0.39 is 0 Å². The molecular weight excluding hydrogens is 294 g/mol. The van der Waals surface area contributed by atoms with Crippen molar-refractivity contribution in [3.8, 4) is 0 Å². The Hall–Kier alpha value is -2.37. The van der Waals surface area contributed by atoms with Crippen LogP contribution < -0.4 is 16.0 Å². The molecule has 3 N–H and O–H groups in total. The van der Waals surface area contributed by atoms with Crippen molar-refractivity contribution in [2.75, 3.05) is 17.2 Å². The number of amides is 3. The van der Waals surface area contributed by atoms with Gasteiger partial charge in [-0.25, -0.2) is 0 Å². The first kappa shape index (κ1) is 17.0. The Balaban J connectivity index is 1.75. The summed E-state index contributed by atoms with van der Waals surface area (Å²) < 4.78 is 0. The molecule has 2 rings (SSSR count). The summed E-state index contributed by atoms with van der Waals surface area (Å²) in [6.45, 7) is 1.41. The summed E-state index contributed by atoms with van der Waals surface area (Å²) in [7, 11) is 0. The summed E-state index contributed by atoms with van der Waals surface area (Å²) in [5.41, 5.74) is 1.29. The topological polar surface area (TPSA) is 87.3 Å². The van der Waals surface area contributed by atoms with Crippen molar-refractivity contribution in [1.29, 1.82) is 0 Å². The molecule has 0 atom stereocenters. The number of carbonyl (C=O) groups excluding carboxylic acids is 3. The minimum atomic E-state index is -0.263. The van der Waals surface area contributed by atoms with Gasteiger partial charge in [-0.15, -0.1) is 0 Å². The van der Waals surface area contributed by atoms with E-state index in [1.54, 1.807) is 24.3 Å². The molecule has 0 aliphatic heterocycles. The van der Waals surface area contributed by atoms with Gasteiger partial charge in [-0.2, -0.15) is 0 Å². The lowest BCUT2D eigenvalue weighted by Gasteiger charge is -2.20. The molecule has 6 heteroatoms. The molecule has 1 aliphatic rings. The van der Waals surface area contributed by atoms with E-state index in [2.05, 4.69) is 16.0 Å². The molecule has 0 aromatic heterocycles. The van der Waals surface area contributed by atoms with Crippen molar-refractivity contribution < 1.29 is 14.4 Å². The predicted octanol–water partition coefficient (Wildman–Crippen LogP) is 2.28. The van der Waals surface area contributed by atoms with E-state index in [1.807, 2.05) is 0 Å². The van der Waals surface area contributed by atoms with Gasteiger partial charge in [0.15, 0.2) is 0 Å². The van der Waals surface area contributed by atoms with Crippen LogP contribution in [0.2, 0.25) is 0 Å². The minimum Gasteiger partial charge on any atom is -0.347 e. The van der Waals surface area contributed by atoms with Crippen molar-refractivity contribution in [1.82, 2.24) is 5.32 Å². The van der Waals surface area contributed by atoms with Crippen molar-refractivity contribution in [2.45, 2.75) is 39.0 Å². The molecule has 0 unspecified atom stereocenters. The molecule has 124 valence electrons. The maximum absolute atomic E-state index is 12.0. The SMILES string of the molecule is CC(=O)Nc1ccc(NC(=O)CNC(=O)C2CCCCC2)cc1. The summed E-state index contributed by atoms with van der Waals surface area (Å²) >= 11 is 0. The third kappa shape index (κ3) is 5.73. The molecule has 0 radical (unpaired) electrons. The number of anilines is 2. The normalized spacial score (nSPS) is 14.8. The molecule has 3 amide bonds. The van der Waals surface area contributed by atoms with Crippen LogP contribution in [0.15, 0.2) is 24.3 Å². The van der Waals surface area contributed by atoms with Gasteiger partial charge in [0.25, 0.3) is 0 Å². The number of nitrogens with one attached hydrogen (secondary N) is 3. The second-order valence-corrected chi connectivity index (χ2v) is 5.86. The number of carbonyl (C=O) groups is 3. The zero-order valence-electron chi connectivity index (χ0n) is 13.4. The summed E-state index contributed by atoms with van der Waals surface area (Å²) in [4.78, 5) is 34.8. The average Bonchev–Trinajstić information content (AvgIpc) is 2.55. The van der Waals surface area contributed by atoms with Gasteiger partial charge in [0.2, 0.25) is 17.7 Å². The molecule has 1 saturated carbocycles. The van der Waals surface area contributed by atoms with E-state index in [-0.39, 0.29) is 30.2 Å². The fourth-order valence-electron chi connectivity index (χ4n) is 2.72. The molecule has 1 aliphatic carbocycles. The Morgan fingerprint density at radius 2 is 1.52 bits per heavy atom. The fourth-order valence-corrected chi connectivity index (χ4v) is 2.72. The highest BCUT2D eigenvalue weighted by Gasteiger charge is 2.21. The van der Waals surface area contributed by atoms with Gasteiger partial charge in [0.1, 0.15) is 0 Å². The van der Waals surface area contributed by atoms with Crippen LogP contribution in [0.1, 0.15) is 39.0 Å². The molecule has 0 saturated heterocycles. The van der Waals surface area contributed by atoms with Crippen molar-refractivity contribution >= 4 is 29.1 Å². The van der Waals surface area contributed by atoms with E-state index in [4.69, 9.17) is 0 Å². The Morgan fingerprint density at radius 3 is 2.09 bits per heavy atom. The lowest BCUT2D eigenvalue weighted by molar-refractivity contribution is -0.128. The van der Waals surface area contributed by atoms with Gasteiger partial charge in [0.05, 0.1) is 6.54 Å². The lowest BCUT2D eigenvalue weighted by atomic mass is 9.89. The third-order valence-electron chi connectivity index (χ3n) is 3.89. The van der Waals surface area contributed by atoms with Crippen LogP contribution in [0.4, 0.5) is 11.4 Å². The third-order valence-corrected chi connectivity index (χ3v) is 3.89. The zero-order valence-corrected chi connectivity index (χ0v) is 13.4. The number of benzene rings is 1. The Kier molecular flexibility index (Phi) is 6.14. The van der Waals surface area contributed by atoms with Gasteiger partial charge in [-0.1, -0.05) is 19.3 Å². The van der Waals surface area contributed by atoms with E-state index >= 15 is 0 Å². The number of hydrogen-bond donors (Lipinski definition) is 3. The van der Waals surface area contributed by atoms with Gasteiger partial charge < -0.3 is 16.0 Å². The van der Waals surface area contributed by atoms with Crippen LogP contribution in [0.25, 0.3) is 0 Å². The summed E-state index contributed by atoms with van der Waals surface area (Å²) in [6.07, 6.45) is 5.20. The Bertz CT molecular complexity index is 563. The van der Waals surface area contributed by atoms with Crippen LogP contribution in [0, 0.1) is 5.92 Å². The average molecular weight is 317 g/mol. The van der Waals surface area contributed by atoms with Crippen molar-refractivity contribution in [3.63, 3.8) is 0 Å². The second-order valence-electron chi connectivity index (χ2n) is 5.86. The summed E-state index contributed by atoms with van der Waals surface area (Å²) in [5.74, 6) is -0.386. The zero-order chi connectivity index (χ0) is 16.7. The molecule has 6 nitrogen and oxygen atoms in total. The van der Waals surface area contributed by atoms with Crippen LogP contribution in [0.5, 0.6) is 0 Å². The van der Waals surface area contributed by atoms with E-state index in [9.17, 15) is 14.4 Å². The molecule has 1 fully saturated rings. The predicted molar refractivity (Wildman–Crippen MR) is 89.0 cm³/mol. The standard InChI is InChI=1S/C17H23N3O3/c1-12(21)19-14-7-9-15(10-8-14)20-16(22)11-18-17(23)13-5-3-2-4-6-13/h7-10,13H,2-6,11H2,1H3,(H,18,23)(H,19,21)(H,20,22). The monoisotopic (exact) mass is 317 g/mol. The smallest absolute Gasteiger partial charge is 0.243 e. The minimum absolute atomic E-state index is 0.0250. The molecule has 0 heterocycles. The number of rotatable bonds is 5. The van der Waals surface area contributed by atoms with E-state index in [1.165, 1.54) is 13.3 Å². The largest absolute Gasteiger partial charge is 0.347 e. The highest BCUT2D eigenvalue weighted by molar-refractivity contribution is 5.95. The Morgan fingerprint density at radius 1 is 0.957 bits per heavy atom. The van der Waals surface area contributed by atoms with Crippen molar-refractivity contribution in [3.05, 3.63) is 24.3 Å².